The topological polar surface area (TPSA) is 99.4 Å². The van der Waals surface area contributed by atoms with Crippen molar-refractivity contribution >= 4 is 11.9 Å². The summed E-state index contributed by atoms with van der Waals surface area (Å²) in [6, 6.07) is 5.72. The molecule has 1 aliphatic carbocycles. The van der Waals surface area contributed by atoms with Gasteiger partial charge in [-0.3, -0.25) is 0 Å². The van der Waals surface area contributed by atoms with Gasteiger partial charge in [0.15, 0.2) is 5.82 Å². The Morgan fingerprint density at radius 2 is 1.79 bits per heavy atom. The molecule has 7 nitrogen and oxygen atoms in total. The Morgan fingerprint density at radius 3 is 2.39 bits per heavy atom. The van der Waals surface area contributed by atoms with E-state index in [1.165, 1.54) is 12.1 Å². The summed E-state index contributed by atoms with van der Waals surface area (Å²) in [5, 5.41) is 15.3. The molecule has 1 unspecified atom stereocenters. The van der Waals surface area contributed by atoms with Crippen molar-refractivity contribution in [3.8, 4) is 17.6 Å². The van der Waals surface area contributed by atoms with Crippen LogP contribution < -0.4 is 10.6 Å². The fourth-order valence-corrected chi connectivity index (χ4v) is 2.55. The van der Waals surface area contributed by atoms with Crippen molar-refractivity contribution in [3.63, 3.8) is 0 Å². The molecule has 28 heavy (non-hydrogen) atoms. The Balaban J connectivity index is 2.00. The number of pyridine rings is 1. The minimum Gasteiger partial charge on any atom is -0.351 e. The van der Waals surface area contributed by atoms with Crippen LogP contribution in [0.3, 0.4) is 0 Å². The van der Waals surface area contributed by atoms with Gasteiger partial charge in [-0.05, 0) is 51.7 Å². The Labute approximate surface area is 160 Å². The molecular formula is C18H20F3N7. The van der Waals surface area contributed by atoms with E-state index in [1.807, 2.05) is 6.92 Å². The summed E-state index contributed by atoms with van der Waals surface area (Å²) in [6.45, 7) is 5.27. The molecule has 10 heteroatoms. The molecular weight excluding hydrogens is 371 g/mol. The molecule has 0 saturated heterocycles. The molecule has 1 aliphatic rings. The van der Waals surface area contributed by atoms with Crippen molar-refractivity contribution in [3.05, 3.63) is 23.9 Å². The van der Waals surface area contributed by atoms with Crippen LogP contribution in [0.1, 0.15) is 39.3 Å². The quantitative estimate of drug-likeness (QED) is 0.771. The zero-order valence-corrected chi connectivity index (χ0v) is 15.7. The van der Waals surface area contributed by atoms with Gasteiger partial charge in [0.25, 0.3) is 0 Å². The van der Waals surface area contributed by atoms with E-state index < -0.39 is 17.4 Å². The van der Waals surface area contributed by atoms with Crippen LogP contribution in [0.25, 0.3) is 11.5 Å². The molecule has 2 N–H and O–H groups in total. The number of rotatable bonds is 6. The first-order chi connectivity index (χ1) is 13.1. The lowest BCUT2D eigenvalue weighted by molar-refractivity contribution is -0.141. The highest BCUT2D eigenvalue weighted by molar-refractivity contribution is 5.54. The number of halogens is 3. The third-order valence-corrected chi connectivity index (χ3v) is 4.29. The Morgan fingerprint density at radius 1 is 1.11 bits per heavy atom. The maximum atomic E-state index is 13.0. The molecule has 3 rings (SSSR count). The van der Waals surface area contributed by atoms with Gasteiger partial charge >= 0.3 is 6.18 Å². The maximum Gasteiger partial charge on any atom is 0.433 e. The van der Waals surface area contributed by atoms with Gasteiger partial charge in [0.05, 0.1) is 6.07 Å². The van der Waals surface area contributed by atoms with E-state index in [2.05, 4.69) is 36.6 Å². The van der Waals surface area contributed by atoms with Crippen LogP contribution in [0.4, 0.5) is 25.1 Å². The maximum absolute atomic E-state index is 13.0. The second-order valence-corrected chi connectivity index (χ2v) is 7.34. The van der Waals surface area contributed by atoms with Crippen LogP contribution in [0.15, 0.2) is 18.2 Å². The fourth-order valence-electron chi connectivity index (χ4n) is 2.55. The minimum atomic E-state index is -4.57. The van der Waals surface area contributed by atoms with Crippen molar-refractivity contribution in [2.45, 2.75) is 51.4 Å². The first kappa shape index (κ1) is 19.8. The molecule has 0 amide bonds. The Bertz CT molecular complexity index is 901. The fraction of sp³-hybridized carbons (Fsp3) is 0.500. The van der Waals surface area contributed by atoms with Crippen LogP contribution in [-0.4, -0.2) is 31.5 Å². The predicted octanol–water partition coefficient (Wildman–Crippen LogP) is 3.88. The van der Waals surface area contributed by atoms with Crippen molar-refractivity contribution in [1.82, 2.24) is 19.9 Å². The zero-order valence-electron chi connectivity index (χ0n) is 15.7. The van der Waals surface area contributed by atoms with Gasteiger partial charge in [0.2, 0.25) is 11.9 Å². The van der Waals surface area contributed by atoms with Crippen LogP contribution in [0, 0.1) is 17.2 Å². The summed E-state index contributed by atoms with van der Waals surface area (Å²) in [5.74, 6) is 0.808. The smallest absolute Gasteiger partial charge is 0.351 e. The molecule has 0 spiro atoms. The number of aromatic nitrogens is 4. The summed E-state index contributed by atoms with van der Waals surface area (Å²) in [6.07, 6.45) is -2.36. The van der Waals surface area contributed by atoms with Crippen molar-refractivity contribution in [2.75, 3.05) is 10.6 Å². The molecule has 148 valence electrons. The standard InChI is InChI=1S/C18H20F3N7/c1-10(11-7-8-11)23-15-25-14(26-16(27-15)28-17(2,3)9-22)12-5-4-6-13(24-12)18(19,20)21/h4-6,10-11H,7-8H2,1-3H3,(H2,23,25,26,27,28). The summed E-state index contributed by atoms with van der Waals surface area (Å²) in [7, 11) is 0. The molecule has 2 aromatic rings. The van der Waals surface area contributed by atoms with Crippen LogP contribution in [-0.2, 0) is 6.18 Å². The highest BCUT2D eigenvalue weighted by Gasteiger charge is 2.33. The second-order valence-electron chi connectivity index (χ2n) is 7.34. The van der Waals surface area contributed by atoms with E-state index in [-0.39, 0.29) is 29.5 Å². The molecule has 0 aliphatic heterocycles. The van der Waals surface area contributed by atoms with Gasteiger partial charge in [-0.1, -0.05) is 6.07 Å². The first-order valence-corrected chi connectivity index (χ1v) is 8.84. The number of alkyl halides is 3. The molecule has 1 atom stereocenters. The molecule has 0 aromatic carbocycles. The lowest BCUT2D eigenvalue weighted by Crippen LogP contribution is -2.30. The second kappa shape index (κ2) is 7.22. The lowest BCUT2D eigenvalue weighted by atomic mass is 10.1. The molecule has 1 fully saturated rings. The number of nitriles is 1. The monoisotopic (exact) mass is 391 g/mol. The predicted molar refractivity (Wildman–Crippen MR) is 97.2 cm³/mol. The van der Waals surface area contributed by atoms with Gasteiger partial charge in [-0.2, -0.15) is 33.4 Å². The van der Waals surface area contributed by atoms with Gasteiger partial charge < -0.3 is 10.6 Å². The first-order valence-electron chi connectivity index (χ1n) is 8.84. The molecule has 2 heterocycles. The minimum absolute atomic E-state index is 0.0113. The number of hydrogen-bond donors (Lipinski definition) is 2. The SMILES string of the molecule is CC(Nc1nc(NC(C)(C)C#N)nc(-c2cccc(C(F)(F)F)n2)n1)C1CC1. The van der Waals surface area contributed by atoms with Crippen molar-refractivity contribution in [2.24, 2.45) is 5.92 Å². The normalized spacial score (nSPS) is 15.6. The van der Waals surface area contributed by atoms with E-state index in [9.17, 15) is 18.4 Å². The van der Waals surface area contributed by atoms with Gasteiger partial charge in [-0.15, -0.1) is 0 Å². The van der Waals surface area contributed by atoms with Crippen molar-refractivity contribution < 1.29 is 13.2 Å². The average molecular weight is 391 g/mol. The van der Waals surface area contributed by atoms with E-state index >= 15 is 0 Å². The number of nitrogens with zero attached hydrogens (tertiary/aromatic N) is 5. The lowest BCUT2D eigenvalue weighted by Gasteiger charge is -2.19. The average Bonchev–Trinajstić information content (AvgIpc) is 3.46. The van der Waals surface area contributed by atoms with Gasteiger partial charge in [0.1, 0.15) is 16.9 Å². The van der Waals surface area contributed by atoms with Gasteiger partial charge in [-0.25, -0.2) is 4.98 Å². The number of hydrogen-bond acceptors (Lipinski definition) is 7. The van der Waals surface area contributed by atoms with E-state index in [1.54, 1.807) is 13.8 Å². The highest BCUT2D eigenvalue weighted by atomic mass is 19.4. The van der Waals surface area contributed by atoms with E-state index in [0.717, 1.165) is 18.9 Å². The molecule has 1 saturated carbocycles. The third kappa shape index (κ3) is 4.85. The third-order valence-electron chi connectivity index (χ3n) is 4.29. The summed E-state index contributed by atoms with van der Waals surface area (Å²) in [4.78, 5) is 16.3. The molecule has 2 aromatic heterocycles. The summed E-state index contributed by atoms with van der Waals surface area (Å²) < 4.78 is 39.0. The number of nitrogens with one attached hydrogen (secondary N) is 2. The zero-order chi connectivity index (χ0) is 20.5. The Kier molecular flexibility index (Phi) is 5.10. The summed E-state index contributed by atoms with van der Waals surface area (Å²) in [5.41, 5.74) is -2.03. The Hall–Kier alpha value is -2.96. The van der Waals surface area contributed by atoms with Crippen LogP contribution >= 0.6 is 0 Å². The van der Waals surface area contributed by atoms with E-state index in [0.29, 0.717) is 5.92 Å². The largest absolute Gasteiger partial charge is 0.433 e. The highest BCUT2D eigenvalue weighted by Crippen LogP contribution is 2.34. The van der Waals surface area contributed by atoms with Gasteiger partial charge in [0, 0.05) is 6.04 Å². The van der Waals surface area contributed by atoms with Crippen LogP contribution in [0.2, 0.25) is 0 Å². The summed E-state index contributed by atoms with van der Waals surface area (Å²) >= 11 is 0. The van der Waals surface area contributed by atoms with Crippen LogP contribution in [0.5, 0.6) is 0 Å². The molecule has 0 radical (unpaired) electrons. The molecule has 0 bridgehead atoms. The number of anilines is 2. The van der Waals surface area contributed by atoms with E-state index in [4.69, 9.17) is 0 Å². The van der Waals surface area contributed by atoms with Crippen molar-refractivity contribution in [1.29, 1.82) is 5.26 Å².